The van der Waals surface area contributed by atoms with Crippen molar-refractivity contribution in [2.24, 2.45) is 0 Å². The number of anilines is 1. The second-order valence-corrected chi connectivity index (χ2v) is 7.61. The smallest absolute Gasteiger partial charge is 0.171 e. The van der Waals surface area contributed by atoms with Crippen molar-refractivity contribution in [1.29, 1.82) is 0 Å². The molecule has 0 saturated carbocycles. The summed E-state index contributed by atoms with van der Waals surface area (Å²) in [5, 5.41) is 7.35. The zero-order valence-corrected chi connectivity index (χ0v) is 16.1. The van der Waals surface area contributed by atoms with Gasteiger partial charge in [-0.05, 0) is 53.7 Å². The predicted molar refractivity (Wildman–Crippen MR) is 109 cm³/mol. The van der Waals surface area contributed by atoms with Crippen LogP contribution < -0.4 is 10.6 Å². The van der Waals surface area contributed by atoms with E-state index < -0.39 is 0 Å². The number of hydrogen-bond donors (Lipinski definition) is 2. The lowest BCUT2D eigenvalue weighted by Gasteiger charge is -2.22. The Labute approximate surface area is 151 Å². The summed E-state index contributed by atoms with van der Waals surface area (Å²) in [5.74, 6) is 0. The van der Waals surface area contributed by atoms with Gasteiger partial charge in [0.25, 0.3) is 0 Å². The Morgan fingerprint density at radius 2 is 1.67 bits per heavy atom. The minimum absolute atomic E-state index is 0.160. The van der Waals surface area contributed by atoms with Crippen molar-refractivity contribution in [1.82, 2.24) is 5.32 Å². The first kappa shape index (κ1) is 18.5. The summed E-state index contributed by atoms with van der Waals surface area (Å²) in [6, 6.07) is 17.2. The predicted octanol–water partition coefficient (Wildman–Crippen LogP) is 5.59. The molecule has 2 rings (SSSR count). The first-order valence-electron chi connectivity index (χ1n) is 8.57. The summed E-state index contributed by atoms with van der Waals surface area (Å²) >= 11 is 5.48. The van der Waals surface area contributed by atoms with E-state index in [1.165, 1.54) is 16.7 Å². The quantitative estimate of drug-likeness (QED) is 0.709. The van der Waals surface area contributed by atoms with Crippen LogP contribution in [0.1, 0.15) is 57.4 Å². The number of nitrogens with one attached hydrogen (secondary N) is 2. The molecule has 0 spiro atoms. The molecule has 128 valence electrons. The molecule has 0 amide bonds. The highest BCUT2D eigenvalue weighted by molar-refractivity contribution is 7.80. The number of rotatable bonds is 4. The molecule has 2 aromatic rings. The third-order valence-corrected chi connectivity index (χ3v) is 4.49. The van der Waals surface area contributed by atoms with Gasteiger partial charge in [-0.1, -0.05) is 70.2 Å². The zero-order valence-electron chi connectivity index (χ0n) is 15.3. The molecule has 0 heterocycles. The van der Waals surface area contributed by atoms with E-state index in [0.29, 0.717) is 5.11 Å². The average molecular weight is 341 g/mol. The molecule has 3 heteroatoms. The van der Waals surface area contributed by atoms with Crippen LogP contribution in [-0.4, -0.2) is 5.11 Å². The second-order valence-electron chi connectivity index (χ2n) is 7.20. The van der Waals surface area contributed by atoms with Gasteiger partial charge in [0.2, 0.25) is 0 Å². The van der Waals surface area contributed by atoms with Gasteiger partial charge in [0, 0.05) is 5.69 Å². The van der Waals surface area contributed by atoms with Crippen LogP contribution >= 0.6 is 12.2 Å². The van der Waals surface area contributed by atoms with Crippen LogP contribution in [0.2, 0.25) is 0 Å². The summed E-state index contributed by atoms with van der Waals surface area (Å²) in [7, 11) is 0. The Morgan fingerprint density at radius 1 is 1.04 bits per heavy atom. The maximum absolute atomic E-state index is 5.48. The second kappa shape index (κ2) is 7.80. The maximum Gasteiger partial charge on any atom is 0.171 e. The molecule has 2 aromatic carbocycles. The van der Waals surface area contributed by atoms with E-state index in [1.807, 2.05) is 6.07 Å². The molecule has 0 aromatic heterocycles. The Bertz CT molecular complexity index is 684. The fourth-order valence-electron chi connectivity index (χ4n) is 2.66. The molecule has 0 aliphatic heterocycles. The number of hydrogen-bond acceptors (Lipinski definition) is 1. The SMILES string of the molecule is CCc1ccccc1NC(=S)N[C@H](C)c1ccc(C(C)(C)C)cc1. The van der Waals surface area contributed by atoms with E-state index >= 15 is 0 Å². The van der Waals surface area contributed by atoms with Crippen molar-refractivity contribution in [2.45, 2.75) is 52.5 Å². The molecule has 1 atom stereocenters. The molecule has 0 unspecified atom stereocenters. The molecular weight excluding hydrogens is 312 g/mol. The number of benzene rings is 2. The van der Waals surface area contributed by atoms with E-state index in [2.05, 4.69) is 87.7 Å². The van der Waals surface area contributed by atoms with Crippen LogP contribution in [0.15, 0.2) is 48.5 Å². The molecule has 0 aliphatic rings. The van der Waals surface area contributed by atoms with Crippen molar-refractivity contribution in [2.75, 3.05) is 5.32 Å². The molecule has 24 heavy (non-hydrogen) atoms. The van der Waals surface area contributed by atoms with Crippen LogP contribution in [0.25, 0.3) is 0 Å². The van der Waals surface area contributed by atoms with Crippen LogP contribution in [0, 0.1) is 0 Å². The van der Waals surface area contributed by atoms with E-state index in [-0.39, 0.29) is 11.5 Å². The van der Waals surface area contributed by atoms with Crippen molar-refractivity contribution in [3.8, 4) is 0 Å². The number of aryl methyl sites for hydroxylation is 1. The molecule has 2 nitrogen and oxygen atoms in total. The van der Waals surface area contributed by atoms with E-state index in [4.69, 9.17) is 12.2 Å². The van der Waals surface area contributed by atoms with Gasteiger partial charge in [0.1, 0.15) is 0 Å². The van der Waals surface area contributed by atoms with Crippen LogP contribution in [0.4, 0.5) is 5.69 Å². The lowest BCUT2D eigenvalue weighted by molar-refractivity contribution is 0.589. The Morgan fingerprint density at radius 3 is 2.25 bits per heavy atom. The molecular formula is C21H28N2S. The van der Waals surface area contributed by atoms with Crippen molar-refractivity contribution in [3.63, 3.8) is 0 Å². The van der Waals surface area contributed by atoms with Crippen LogP contribution in [0.3, 0.4) is 0 Å². The normalized spacial score (nSPS) is 12.5. The monoisotopic (exact) mass is 340 g/mol. The van der Waals surface area contributed by atoms with Gasteiger partial charge in [0.05, 0.1) is 6.04 Å². The lowest BCUT2D eigenvalue weighted by Crippen LogP contribution is -2.31. The first-order valence-corrected chi connectivity index (χ1v) is 8.98. The third kappa shape index (κ3) is 4.81. The molecule has 2 N–H and O–H groups in total. The Kier molecular flexibility index (Phi) is 6.00. The molecule has 0 fully saturated rings. The van der Waals surface area contributed by atoms with Gasteiger partial charge in [-0.15, -0.1) is 0 Å². The van der Waals surface area contributed by atoms with Crippen molar-refractivity contribution >= 4 is 23.0 Å². The average Bonchev–Trinajstić information content (AvgIpc) is 2.54. The molecule has 0 saturated heterocycles. The number of thiocarbonyl (C=S) groups is 1. The number of para-hydroxylation sites is 1. The third-order valence-electron chi connectivity index (χ3n) is 4.27. The summed E-state index contributed by atoms with van der Waals surface area (Å²) in [4.78, 5) is 0. The first-order chi connectivity index (χ1) is 11.3. The van der Waals surface area contributed by atoms with Gasteiger partial charge in [-0.3, -0.25) is 0 Å². The summed E-state index contributed by atoms with van der Waals surface area (Å²) in [6.45, 7) is 11.0. The molecule has 0 bridgehead atoms. The standard InChI is InChI=1S/C21H28N2S/c1-6-16-9-7-8-10-19(16)23-20(24)22-15(2)17-11-13-18(14-12-17)21(3,4)5/h7-15H,6H2,1-5H3,(H2,22,23,24)/t15-/m1/s1. The van der Waals surface area contributed by atoms with E-state index in [1.54, 1.807) is 0 Å². The van der Waals surface area contributed by atoms with Crippen molar-refractivity contribution < 1.29 is 0 Å². The topological polar surface area (TPSA) is 24.1 Å². The van der Waals surface area contributed by atoms with Gasteiger partial charge < -0.3 is 10.6 Å². The highest BCUT2D eigenvalue weighted by Gasteiger charge is 2.14. The summed E-state index contributed by atoms with van der Waals surface area (Å²) in [6.07, 6.45) is 0.982. The van der Waals surface area contributed by atoms with E-state index in [0.717, 1.165) is 12.1 Å². The Hall–Kier alpha value is -1.87. The fourth-order valence-corrected chi connectivity index (χ4v) is 2.95. The van der Waals surface area contributed by atoms with Gasteiger partial charge in [-0.2, -0.15) is 0 Å². The summed E-state index contributed by atoms with van der Waals surface area (Å²) < 4.78 is 0. The molecule has 0 aliphatic carbocycles. The fraction of sp³-hybridized carbons (Fsp3) is 0.381. The lowest BCUT2D eigenvalue weighted by atomic mass is 9.86. The van der Waals surface area contributed by atoms with Crippen LogP contribution in [0.5, 0.6) is 0 Å². The highest BCUT2D eigenvalue weighted by atomic mass is 32.1. The molecule has 0 radical (unpaired) electrons. The highest BCUT2D eigenvalue weighted by Crippen LogP contribution is 2.24. The minimum Gasteiger partial charge on any atom is -0.356 e. The Balaban J connectivity index is 2.01. The van der Waals surface area contributed by atoms with Gasteiger partial charge >= 0.3 is 0 Å². The van der Waals surface area contributed by atoms with Crippen LogP contribution in [-0.2, 0) is 11.8 Å². The zero-order chi connectivity index (χ0) is 17.7. The van der Waals surface area contributed by atoms with E-state index in [9.17, 15) is 0 Å². The summed E-state index contributed by atoms with van der Waals surface area (Å²) in [5.41, 5.74) is 5.10. The van der Waals surface area contributed by atoms with Gasteiger partial charge in [-0.25, -0.2) is 0 Å². The largest absolute Gasteiger partial charge is 0.356 e. The van der Waals surface area contributed by atoms with Gasteiger partial charge in [0.15, 0.2) is 5.11 Å². The maximum atomic E-state index is 5.48. The van der Waals surface area contributed by atoms with Crippen molar-refractivity contribution in [3.05, 3.63) is 65.2 Å². The minimum atomic E-state index is 0.160.